The van der Waals surface area contributed by atoms with Crippen LogP contribution in [0, 0.1) is 5.82 Å². The van der Waals surface area contributed by atoms with E-state index >= 15 is 0 Å². The van der Waals surface area contributed by atoms with Gasteiger partial charge in [-0.2, -0.15) is 0 Å². The number of aromatic nitrogens is 1. The molecule has 6 nitrogen and oxygen atoms in total. The van der Waals surface area contributed by atoms with E-state index in [1.807, 2.05) is 0 Å². The Bertz CT molecular complexity index is 686. The van der Waals surface area contributed by atoms with E-state index in [4.69, 9.17) is 9.26 Å². The molecule has 0 aliphatic carbocycles. The number of carbonyl (C=O) groups is 1. The van der Waals surface area contributed by atoms with E-state index in [1.54, 1.807) is 12.1 Å². The standard InChI is InChI=1S/C16H17FN2O4/c1-22-9-13-7-14(18-23-13)16(21)19-8-12(20)6-15(19)10-2-4-11(17)5-3-10/h2-5,7,12,15,20H,6,8-9H2,1H3/t12-,15-/m1/s1. The summed E-state index contributed by atoms with van der Waals surface area (Å²) in [6, 6.07) is 7.14. The Morgan fingerprint density at radius 2 is 2.22 bits per heavy atom. The quantitative estimate of drug-likeness (QED) is 0.931. The molecule has 3 rings (SSSR count). The van der Waals surface area contributed by atoms with Crippen LogP contribution in [-0.2, 0) is 11.3 Å². The van der Waals surface area contributed by atoms with Gasteiger partial charge in [0.05, 0.1) is 12.1 Å². The van der Waals surface area contributed by atoms with Crippen LogP contribution in [0.15, 0.2) is 34.9 Å². The fourth-order valence-corrected chi connectivity index (χ4v) is 2.81. The highest BCUT2D eigenvalue weighted by atomic mass is 19.1. The largest absolute Gasteiger partial charge is 0.391 e. The number of methoxy groups -OCH3 is 1. The summed E-state index contributed by atoms with van der Waals surface area (Å²) in [5.41, 5.74) is 0.940. The number of benzene rings is 1. The Morgan fingerprint density at radius 3 is 2.91 bits per heavy atom. The Balaban J connectivity index is 1.83. The summed E-state index contributed by atoms with van der Waals surface area (Å²) in [6.07, 6.45) is -0.223. The number of nitrogens with zero attached hydrogens (tertiary/aromatic N) is 2. The van der Waals surface area contributed by atoms with Crippen LogP contribution in [0.3, 0.4) is 0 Å². The summed E-state index contributed by atoms with van der Waals surface area (Å²) in [4.78, 5) is 14.2. The second-order valence-electron chi connectivity index (χ2n) is 5.53. The van der Waals surface area contributed by atoms with Crippen LogP contribution in [0.5, 0.6) is 0 Å². The number of hydrogen-bond donors (Lipinski definition) is 1. The number of carbonyl (C=O) groups excluding carboxylic acids is 1. The second kappa shape index (κ2) is 6.47. The van der Waals surface area contributed by atoms with Crippen molar-refractivity contribution in [2.45, 2.75) is 25.2 Å². The molecule has 1 aromatic carbocycles. The minimum Gasteiger partial charge on any atom is -0.391 e. The van der Waals surface area contributed by atoms with Gasteiger partial charge in [0.25, 0.3) is 5.91 Å². The number of ether oxygens (including phenoxy) is 1. The summed E-state index contributed by atoms with van der Waals surface area (Å²) >= 11 is 0. The molecular formula is C16H17FN2O4. The van der Waals surface area contributed by atoms with Crippen molar-refractivity contribution >= 4 is 5.91 Å². The zero-order valence-corrected chi connectivity index (χ0v) is 12.6. The lowest BCUT2D eigenvalue weighted by Crippen LogP contribution is -2.32. The summed E-state index contributed by atoms with van der Waals surface area (Å²) in [6.45, 7) is 0.428. The molecule has 1 saturated heterocycles. The van der Waals surface area contributed by atoms with Gasteiger partial charge in [-0.1, -0.05) is 17.3 Å². The predicted molar refractivity (Wildman–Crippen MR) is 78.0 cm³/mol. The smallest absolute Gasteiger partial charge is 0.276 e. The molecular weight excluding hydrogens is 303 g/mol. The van der Waals surface area contributed by atoms with Crippen LogP contribution in [0.25, 0.3) is 0 Å². The van der Waals surface area contributed by atoms with Crippen LogP contribution < -0.4 is 0 Å². The lowest BCUT2D eigenvalue weighted by Gasteiger charge is -2.23. The van der Waals surface area contributed by atoms with Crippen LogP contribution in [-0.4, -0.2) is 40.8 Å². The molecule has 2 heterocycles. The number of hydrogen-bond acceptors (Lipinski definition) is 5. The first kappa shape index (κ1) is 15.6. The van der Waals surface area contributed by atoms with Gasteiger partial charge in [-0.25, -0.2) is 4.39 Å². The molecule has 2 aromatic rings. The topological polar surface area (TPSA) is 75.8 Å². The van der Waals surface area contributed by atoms with E-state index in [1.165, 1.54) is 30.2 Å². The number of β-amino-alcohol motifs (C(OH)–C–C–N with tert-alkyl or cyclic N) is 1. The SMILES string of the molecule is COCc1cc(C(=O)N2C[C@H](O)C[C@@H]2c2ccc(F)cc2)no1. The molecule has 0 saturated carbocycles. The van der Waals surface area contributed by atoms with Gasteiger partial charge in [-0.05, 0) is 24.1 Å². The van der Waals surface area contributed by atoms with Gasteiger partial charge in [-0.15, -0.1) is 0 Å². The number of amides is 1. The van der Waals surface area contributed by atoms with Crippen LogP contribution in [0.1, 0.15) is 34.3 Å². The van der Waals surface area contributed by atoms with Gasteiger partial charge in [0.1, 0.15) is 12.4 Å². The molecule has 0 radical (unpaired) electrons. The predicted octanol–water partition coefficient (Wildman–Crippen LogP) is 1.91. The van der Waals surface area contributed by atoms with Crippen LogP contribution in [0.4, 0.5) is 4.39 Å². The van der Waals surface area contributed by atoms with E-state index in [0.717, 1.165) is 5.56 Å². The van der Waals surface area contributed by atoms with Crippen LogP contribution >= 0.6 is 0 Å². The average Bonchev–Trinajstić information content (AvgIpc) is 3.15. The molecule has 1 N–H and O–H groups in total. The monoisotopic (exact) mass is 320 g/mol. The normalized spacial score (nSPS) is 20.9. The first-order valence-electron chi connectivity index (χ1n) is 7.27. The van der Waals surface area contributed by atoms with Crippen molar-refractivity contribution in [2.75, 3.05) is 13.7 Å². The highest BCUT2D eigenvalue weighted by Gasteiger charge is 2.36. The molecule has 122 valence electrons. The first-order valence-corrected chi connectivity index (χ1v) is 7.27. The van der Waals surface area contributed by atoms with Crippen molar-refractivity contribution in [3.05, 3.63) is 53.2 Å². The molecule has 7 heteroatoms. The maximum Gasteiger partial charge on any atom is 0.276 e. The lowest BCUT2D eigenvalue weighted by atomic mass is 10.0. The third kappa shape index (κ3) is 3.25. The highest BCUT2D eigenvalue weighted by molar-refractivity contribution is 5.92. The van der Waals surface area contributed by atoms with Gasteiger partial charge in [-0.3, -0.25) is 4.79 Å². The third-order valence-electron chi connectivity index (χ3n) is 3.86. The molecule has 23 heavy (non-hydrogen) atoms. The minimum atomic E-state index is -0.626. The average molecular weight is 320 g/mol. The molecule has 0 bridgehead atoms. The van der Waals surface area contributed by atoms with Gasteiger partial charge >= 0.3 is 0 Å². The summed E-state index contributed by atoms with van der Waals surface area (Å²) in [5.74, 6) is -0.221. The molecule has 1 fully saturated rings. The van der Waals surface area contributed by atoms with Crippen molar-refractivity contribution in [1.82, 2.24) is 10.1 Å². The Morgan fingerprint density at radius 1 is 1.48 bits per heavy atom. The molecule has 1 aliphatic rings. The second-order valence-corrected chi connectivity index (χ2v) is 5.53. The van der Waals surface area contributed by atoms with E-state index in [0.29, 0.717) is 12.2 Å². The van der Waals surface area contributed by atoms with Gasteiger partial charge in [0, 0.05) is 19.7 Å². The number of rotatable bonds is 4. The van der Waals surface area contributed by atoms with E-state index in [-0.39, 0.29) is 36.6 Å². The molecule has 1 amide bonds. The van der Waals surface area contributed by atoms with Crippen molar-refractivity contribution in [1.29, 1.82) is 0 Å². The Hall–Kier alpha value is -2.25. The fourth-order valence-electron chi connectivity index (χ4n) is 2.81. The lowest BCUT2D eigenvalue weighted by molar-refractivity contribution is 0.0704. The van der Waals surface area contributed by atoms with Crippen LogP contribution in [0.2, 0.25) is 0 Å². The fraction of sp³-hybridized carbons (Fsp3) is 0.375. The van der Waals surface area contributed by atoms with E-state index in [9.17, 15) is 14.3 Å². The van der Waals surface area contributed by atoms with Crippen molar-refractivity contribution < 1.29 is 23.6 Å². The van der Waals surface area contributed by atoms with Crippen molar-refractivity contribution in [3.8, 4) is 0 Å². The molecule has 0 unspecified atom stereocenters. The van der Waals surface area contributed by atoms with Gasteiger partial charge in [0.2, 0.25) is 0 Å². The summed E-state index contributed by atoms with van der Waals surface area (Å²) in [5, 5.41) is 13.7. The highest BCUT2D eigenvalue weighted by Crippen LogP contribution is 2.33. The molecule has 2 atom stereocenters. The van der Waals surface area contributed by atoms with Crippen molar-refractivity contribution in [2.24, 2.45) is 0 Å². The first-order chi connectivity index (χ1) is 11.1. The molecule has 1 aromatic heterocycles. The summed E-state index contributed by atoms with van der Waals surface area (Å²) < 4.78 is 23.0. The third-order valence-corrected chi connectivity index (χ3v) is 3.86. The molecule has 1 aliphatic heterocycles. The minimum absolute atomic E-state index is 0.165. The maximum absolute atomic E-state index is 13.1. The Labute approximate surface area is 132 Å². The Kier molecular flexibility index (Phi) is 4.40. The zero-order valence-electron chi connectivity index (χ0n) is 12.6. The van der Waals surface area contributed by atoms with Gasteiger partial charge in [0.15, 0.2) is 11.5 Å². The zero-order chi connectivity index (χ0) is 16.4. The van der Waals surface area contributed by atoms with E-state index < -0.39 is 6.10 Å². The molecule has 0 spiro atoms. The van der Waals surface area contributed by atoms with E-state index in [2.05, 4.69) is 5.16 Å². The number of aliphatic hydroxyl groups is 1. The number of halogens is 1. The number of likely N-dealkylation sites (tertiary alicyclic amines) is 1. The maximum atomic E-state index is 13.1. The number of aliphatic hydroxyl groups excluding tert-OH is 1. The van der Waals surface area contributed by atoms with Gasteiger partial charge < -0.3 is 19.3 Å². The van der Waals surface area contributed by atoms with Crippen molar-refractivity contribution in [3.63, 3.8) is 0 Å². The summed E-state index contributed by atoms with van der Waals surface area (Å²) in [7, 11) is 1.52.